The lowest BCUT2D eigenvalue weighted by Gasteiger charge is -2.33. The van der Waals surface area contributed by atoms with Gasteiger partial charge in [0.2, 0.25) is 11.0 Å². The molecule has 1 N–H and O–H groups in total. The highest BCUT2D eigenvalue weighted by Gasteiger charge is 2.23. The van der Waals surface area contributed by atoms with Crippen molar-refractivity contribution in [2.24, 2.45) is 0 Å². The van der Waals surface area contributed by atoms with Crippen LogP contribution in [0, 0.1) is 0 Å². The van der Waals surface area contributed by atoms with E-state index < -0.39 is 0 Å². The molecule has 1 amide bonds. The third kappa shape index (κ3) is 4.34. The van der Waals surface area contributed by atoms with Crippen molar-refractivity contribution in [3.63, 3.8) is 0 Å². The number of aromatic nitrogens is 2. The molecule has 1 aromatic heterocycles. The van der Waals surface area contributed by atoms with Gasteiger partial charge in [0, 0.05) is 19.1 Å². The molecule has 0 saturated carbocycles. The summed E-state index contributed by atoms with van der Waals surface area (Å²) in [6.07, 6.45) is 4.55. The Morgan fingerprint density at radius 3 is 3.10 bits per heavy atom. The third-order valence-corrected chi connectivity index (χ3v) is 5.37. The van der Waals surface area contributed by atoms with Crippen molar-refractivity contribution >= 4 is 34.1 Å². The Bertz CT molecular complexity index is 438. The molecule has 7 heteroatoms. The van der Waals surface area contributed by atoms with Crippen LogP contribution in [0.2, 0.25) is 0 Å². The van der Waals surface area contributed by atoms with Gasteiger partial charge in [0.15, 0.2) is 4.34 Å². The zero-order valence-corrected chi connectivity index (χ0v) is 13.7. The first kappa shape index (κ1) is 15.6. The number of carbonyl (C=O) groups is 1. The second-order valence-electron chi connectivity index (χ2n) is 5.02. The van der Waals surface area contributed by atoms with Crippen LogP contribution >= 0.6 is 23.1 Å². The van der Waals surface area contributed by atoms with Crippen LogP contribution in [-0.4, -0.2) is 45.9 Å². The van der Waals surface area contributed by atoms with Gasteiger partial charge in [0.05, 0.1) is 5.75 Å². The Morgan fingerprint density at radius 2 is 2.35 bits per heavy atom. The van der Waals surface area contributed by atoms with Crippen molar-refractivity contribution in [3.8, 4) is 0 Å². The molecule has 20 heavy (non-hydrogen) atoms. The maximum atomic E-state index is 12.2. The molecule has 1 aliphatic rings. The average molecular weight is 314 g/mol. The van der Waals surface area contributed by atoms with Crippen LogP contribution in [0.3, 0.4) is 0 Å². The Morgan fingerprint density at radius 1 is 1.50 bits per heavy atom. The molecule has 0 aliphatic carbocycles. The van der Waals surface area contributed by atoms with E-state index in [9.17, 15) is 4.79 Å². The highest BCUT2D eigenvalue weighted by Crippen LogP contribution is 2.26. The van der Waals surface area contributed by atoms with Gasteiger partial charge >= 0.3 is 0 Å². The number of rotatable bonds is 6. The quantitative estimate of drug-likeness (QED) is 0.818. The van der Waals surface area contributed by atoms with Gasteiger partial charge in [-0.3, -0.25) is 4.79 Å². The minimum absolute atomic E-state index is 0.223. The van der Waals surface area contributed by atoms with E-state index in [0.717, 1.165) is 41.8 Å². The number of amides is 1. The standard InChI is InChI=1S/C13H22N4OS2/c1-3-7-14-12-15-16-13(20-12)19-9-11(18)17-8-5-4-6-10(17)2/h10H,3-9H2,1-2H3,(H,14,15). The van der Waals surface area contributed by atoms with Crippen LogP contribution in [0.15, 0.2) is 4.34 Å². The van der Waals surface area contributed by atoms with E-state index in [2.05, 4.69) is 29.4 Å². The molecule has 0 radical (unpaired) electrons. The number of hydrogen-bond acceptors (Lipinski definition) is 6. The van der Waals surface area contributed by atoms with Gasteiger partial charge in [-0.15, -0.1) is 10.2 Å². The molecule has 112 valence electrons. The van der Waals surface area contributed by atoms with Gasteiger partial charge in [-0.2, -0.15) is 0 Å². The monoisotopic (exact) mass is 314 g/mol. The summed E-state index contributed by atoms with van der Waals surface area (Å²) in [7, 11) is 0. The molecule has 0 aromatic carbocycles. The second kappa shape index (κ2) is 7.83. The van der Waals surface area contributed by atoms with Gasteiger partial charge < -0.3 is 10.2 Å². The molecule has 1 atom stereocenters. The number of hydrogen-bond donors (Lipinski definition) is 1. The lowest BCUT2D eigenvalue weighted by atomic mass is 10.0. The van der Waals surface area contributed by atoms with E-state index in [0.29, 0.717) is 11.8 Å². The van der Waals surface area contributed by atoms with E-state index in [4.69, 9.17) is 0 Å². The second-order valence-corrected chi connectivity index (χ2v) is 7.22. The summed E-state index contributed by atoms with van der Waals surface area (Å²) in [5.41, 5.74) is 0. The minimum Gasteiger partial charge on any atom is -0.360 e. The zero-order valence-electron chi connectivity index (χ0n) is 12.1. The van der Waals surface area contributed by atoms with Crippen LogP contribution in [0.4, 0.5) is 5.13 Å². The van der Waals surface area contributed by atoms with Gasteiger partial charge in [-0.05, 0) is 32.6 Å². The summed E-state index contributed by atoms with van der Waals surface area (Å²) in [4.78, 5) is 14.2. The molecule has 2 rings (SSSR count). The molecule has 2 heterocycles. The molecule has 1 fully saturated rings. The van der Waals surface area contributed by atoms with Crippen LogP contribution in [0.1, 0.15) is 39.5 Å². The normalized spacial score (nSPS) is 19.1. The average Bonchev–Trinajstić information content (AvgIpc) is 2.91. The Kier molecular flexibility index (Phi) is 6.09. The van der Waals surface area contributed by atoms with E-state index in [1.165, 1.54) is 29.5 Å². The van der Waals surface area contributed by atoms with Gasteiger partial charge in [-0.25, -0.2) is 0 Å². The first-order chi connectivity index (χ1) is 9.70. The van der Waals surface area contributed by atoms with Crippen molar-refractivity contribution in [2.45, 2.75) is 49.9 Å². The van der Waals surface area contributed by atoms with Crippen LogP contribution in [0.5, 0.6) is 0 Å². The van der Waals surface area contributed by atoms with Crippen molar-refractivity contribution in [1.82, 2.24) is 15.1 Å². The van der Waals surface area contributed by atoms with Crippen LogP contribution < -0.4 is 5.32 Å². The molecule has 1 aromatic rings. The first-order valence-electron chi connectivity index (χ1n) is 7.20. The highest BCUT2D eigenvalue weighted by molar-refractivity contribution is 8.01. The number of anilines is 1. The predicted molar refractivity (Wildman–Crippen MR) is 84.4 cm³/mol. The number of nitrogens with one attached hydrogen (secondary N) is 1. The van der Waals surface area contributed by atoms with Crippen molar-refractivity contribution in [3.05, 3.63) is 0 Å². The van der Waals surface area contributed by atoms with Gasteiger partial charge in [0.1, 0.15) is 0 Å². The lowest BCUT2D eigenvalue weighted by Crippen LogP contribution is -2.42. The number of carbonyl (C=O) groups excluding carboxylic acids is 1. The van der Waals surface area contributed by atoms with Gasteiger partial charge in [0.25, 0.3) is 0 Å². The van der Waals surface area contributed by atoms with E-state index in [1.54, 1.807) is 0 Å². The fraction of sp³-hybridized carbons (Fsp3) is 0.769. The summed E-state index contributed by atoms with van der Waals surface area (Å²) in [5.74, 6) is 0.688. The maximum absolute atomic E-state index is 12.2. The summed E-state index contributed by atoms with van der Waals surface area (Å²) in [5, 5.41) is 12.2. The number of likely N-dealkylation sites (tertiary alicyclic amines) is 1. The number of piperidine rings is 1. The summed E-state index contributed by atoms with van der Waals surface area (Å²) < 4.78 is 0.863. The topological polar surface area (TPSA) is 58.1 Å². The highest BCUT2D eigenvalue weighted by atomic mass is 32.2. The van der Waals surface area contributed by atoms with Crippen molar-refractivity contribution < 1.29 is 4.79 Å². The Hall–Kier alpha value is -0.820. The summed E-state index contributed by atoms with van der Waals surface area (Å²) in [6.45, 7) is 6.06. The zero-order chi connectivity index (χ0) is 14.4. The van der Waals surface area contributed by atoms with Crippen LogP contribution in [-0.2, 0) is 4.79 Å². The van der Waals surface area contributed by atoms with E-state index in [-0.39, 0.29) is 5.91 Å². The SMILES string of the molecule is CCCNc1nnc(SCC(=O)N2CCCCC2C)s1. The molecule has 1 unspecified atom stereocenters. The van der Waals surface area contributed by atoms with Crippen LogP contribution in [0.25, 0.3) is 0 Å². The van der Waals surface area contributed by atoms with E-state index >= 15 is 0 Å². The molecule has 0 bridgehead atoms. The lowest BCUT2D eigenvalue weighted by molar-refractivity contribution is -0.131. The number of nitrogens with zero attached hydrogens (tertiary/aromatic N) is 3. The van der Waals surface area contributed by atoms with Crippen molar-refractivity contribution in [1.29, 1.82) is 0 Å². The molecule has 1 saturated heterocycles. The first-order valence-corrected chi connectivity index (χ1v) is 9.00. The Balaban J connectivity index is 1.79. The number of thioether (sulfide) groups is 1. The minimum atomic E-state index is 0.223. The molecule has 5 nitrogen and oxygen atoms in total. The van der Waals surface area contributed by atoms with Gasteiger partial charge in [-0.1, -0.05) is 30.0 Å². The Labute approximate surface area is 128 Å². The largest absolute Gasteiger partial charge is 0.360 e. The maximum Gasteiger partial charge on any atom is 0.233 e. The van der Waals surface area contributed by atoms with Crippen molar-refractivity contribution in [2.75, 3.05) is 24.2 Å². The fourth-order valence-electron chi connectivity index (χ4n) is 2.25. The smallest absolute Gasteiger partial charge is 0.233 e. The summed E-state index contributed by atoms with van der Waals surface area (Å²) >= 11 is 3.01. The fourth-order valence-corrected chi connectivity index (χ4v) is 3.91. The molecular weight excluding hydrogens is 292 g/mol. The van der Waals surface area contributed by atoms with E-state index in [1.807, 2.05) is 4.90 Å². The molecule has 1 aliphatic heterocycles. The predicted octanol–water partition coefficient (Wildman–Crippen LogP) is 2.85. The third-order valence-electron chi connectivity index (χ3n) is 3.38. The summed E-state index contributed by atoms with van der Waals surface area (Å²) in [6, 6.07) is 0.382. The molecular formula is C13H22N4OS2. The molecule has 0 spiro atoms.